The maximum Gasteiger partial charge on any atom is 0.259 e. The van der Waals surface area contributed by atoms with Crippen LogP contribution in [0.1, 0.15) is 0 Å². The Kier molecular flexibility index (Phi) is 2.45. The Hall–Kier alpha value is -2.76. The van der Waals surface area contributed by atoms with Crippen LogP contribution in [-0.2, 0) is 0 Å². The summed E-state index contributed by atoms with van der Waals surface area (Å²) in [6.07, 6.45) is 3.27. The number of hydrogen-bond acceptors (Lipinski definition) is 6. The molecule has 6 nitrogen and oxygen atoms in total. The lowest BCUT2D eigenvalue weighted by Gasteiger charge is -1.93. The van der Waals surface area contributed by atoms with E-state index in [1.54, 1.807) is 24.5 Å². The summed E-state index contributed by atoms with van der Waals surface area (Å²) in [7, 11) is 0. The lowest BCUT2D eigenvalue weighted by Crippen LogP contribution is -1.89. The third kappa shape index (κ3) is 1.91. The van der Waals surface area contributed by atoms with Crippen molar-refractivity contribution >= 4 is 5.82 Å². The summed E-state index contributed by atoms with van der Waals surface area (Å²) < 4.78 is 5.16. The van der Waals surface area contributed by atoms with E-state index in [2.05, 4.69) is 20.1 Å². The average Bonchev–Trinajstić information content (AvgIpc) is 2.90. The molecule has 0 atom stereocenters. The largest absolute Gasteiger partial charge is 0.384 e. The van der Waals surface area contributed by atoms with E-state index in [1.807, 2.05) is 18.2 Å². The zero-order chi connectivity index (χ0) is 12.4. The molecule has 0 aromatic carbocycles. The Morgan fingerprint density at radius 1 is 1.06 bits per heavy atom. The lowest BCUT2D eigenvalue weighted by molar-refractivity contribution is 0.432. The van der Waals surface area contributed by atoms with Gasteiger partial charge >= 0.3 is 0 Å². The molecule has 18 heavy (non-hydrogen) atoms. The maximum absolute atomic E-state index is 5.51. The van der Waals surface area contributed by atoms with Gasteiger partial charge in [0, 0.05) is 12.4 Å². The van der Waals surface area contributed by atoms with E-state index in [1.165, 1.54) is 0 Å². The van der Waals surface area contributed by atoms with E-state index in [4.69, 9.17) is 10.3 Å². The van der Waals surface area contributed by atoms with E-state index < -0.39 is 0 Å². The summed E-state index contributed by atoms with van der Waals surface area (Å²) in [6, 6.07) is 8.96. The van der Waals surface area contributed by atoms with Crippen molar-refractivity contribution in [2.75, 3.05) is 5.73 Å². The van der Waals surface area contributed by atoms with Gasteiger partial charge in [0.1, 0.15) is 11.5 Å². The SMILES string of the molecule is Nc1ccc(-c2nc(-c3ccccn3)no2)cn1. The van der Waals surface area contributed by atoms with Gasteiger partial charge in [-0.15, -0.1) is 0 Å². The molecule has 88 valence electrons. The Morgan fingerprint density at radius 2 is 2.00 bits per heavy atom. The summed E-state index contributed by atoms with van der Waals surface area (Å²) in [4.78, 5) is 12.4. The number of nitrogens with zero attached hydrogens (tertiary/aromatic N) is 4. The second kappa shape index (κ2) is 4.25. The van der Waals surface area contributed by atoms with Gasteiger partial charge in [-0.25, -0.2) is 4.98 Å². The number of anilines is 1. The van der Waals surface area contributed by atoms with E-state index >= 15 is 0 Å². The first-order valence-electron chi connectivity index (χ1n) is 5.30. The normalized spacial score (nSPS) is 10.4. The van der Waals surface area contributed by atoms with Crippen LogP contribution in [0.15, 0.2) is 47.2 Å². The van der Waals surface area contributed by atoms with Crippen molar-refractivity contribution in [3.63, 3.8) is 0 Å². The van der Waals surface area contributed by atoms with Crippen LogP contribution < -0.4 is 5.73 Å². The molecule has 3 rings (SSSR count). The topological polar surface area (TPSA) is 90.7 Å². The molecule has 0 amide bonds. The average molecular weight is 239 g/mol. The monoisotopic (exact) mass is 239 g/mol. The van der Waals surface area contributed by atoms with Gasteiger partial charge in [0.25, 0.3) is 5.89 Å². The fraction of sp³-hybridized carbons (Fsp3) is 0. The standard InChI is InChI=1S/C12H9N5O/c13-10-5-4-8(7-15-10)12-16-11(17-18-12)9-3-1-2-6-14-9/h1-7H,(H2,13,15). The summed E-state index contributed by atoms with van der Waals surface area (Å²) in [5, 5.41) is 3.88. The minimum Gasteiger partial charge on any atom is -0.384 e. The van der Waals surface area contributed by atoms with Crippen LogP contribution in [0.25, 0.3) is 23.0 Å². The Morgan fingerprint density at radius 3 is 2.72 bits per heavy atom. The molecule has 0 aliphatic rings. The molecule has 0 aliphatic heterocycles. The molecule has 3 aromatic heterocycles. The molecule has 0 radical (unpaired) electrons. The van der Waals surface area contributed by atoms with E-state index in [0.29, 0.717) is 23.2 Å². The molecule has 6 heteroatoms. The van der Waals surface area contributed by atoms with Crippen LogP contribution in [0.5, 0.6) is 0 Å². The van der Waals surface area contributed by atoms with Gasteiger partial charge in [0.15, 0.2) is 0 Å². The highest BCUT2D eigenvalue weighted by atomic mass is 16.5. The van der Waals surface area contributed by atoms with Crippen molar-refractivity contribution in [1.29, 1.82) is 0 Å². The molecule has 0 bridgehead atoms. The number of hydrogen-bond donors (Lipinski definition) is 1. The molecule has 0 aliphatic carbocycles. The number of nitrogen functional groups attached to an aromatic ring is 1. The third-order valence-corrected chi connectivity index (χ3v) is 2.35. The summed E-state index contributed by atoms with van der Waals surface area (Å²) >= 11 is 0. The highest BCUT2D eigenvalue weighted by molar-refractivity contribution is 5.57. The summed E-state index contributed by atoms with van der Waals surface area (Å²) in [5.74, 6) is 1.29. The van der Waals surface area contributed by atoms with Gasteiger partial charge in [-0.05, 0) is 24.3 Å². The van der Waals surface area contributed by atoms with Gasteiger partial charge in [0.2, 0.25) is 5.82 Å². The molecule has 0 spiro atoms. The number of aromatic nitrogens is 4. The van der Waals surface area contributed by atoms with E-state index in [9.17, 15) is 0 Å². The minimum atomic E-state index is 0.392. The van der Waals surface area contributed by atoms with Crippen LogP contribution in [0.3, 0.4) is 0 Å². The Balaban J connectivity index is 1.97. The van der Waals surface area contributed by atoms with Crippen molar-refractivity contribution in [3.05, 3.63) is 42.7 Å². The van der Waals surface area contributed by atoms with Gasteiger partial charge in [-0.2, -0.15) is 4.98 Å². The van der Waals surface area contributed by atoms with Gasteiger partial charge in [-0.3, -0.25) is 4.98 Å². The minimum absolute atomic E-state index is 0.392. The first-order valence-corrected chi connectivity index (χ1v) is 5.30. The first kappa shape index (κ1) is 10.4. The highest BCUT2D eigenvalue weighted by Gasteiger charge is 2.11. The second-order valence-corrected chi connectivity index (χ2v) is 3.61. The van der Waals surface area contributed by atoms with Crippen LogP contribution in [0.2, 0.25) is 0 Å². The van der Waals surface area contributed by atoms with Gasteiger partial charge in [0.05, 0.1) is 5.56 Å². The van der Waals surface area contributed by atoms with Crippen LogP contribution >= 0.6 is 0 Å². The zero-order valence-corrected chi connectivity index (χ0v) is 9.32. The van der Waals surface area contributed by atoms with Crippen molar-refractivity contribution in [1.82, 2.24) is 20.1 Å². The second-order valence-electron chi connectivity index (χ2n) is 3.61. The molecule has 3 aromatic rings. The predicted molar refractivity (Wildman–Crippen MR) is 65.2 cm³/mol. The Labute approximate surface area is 103 Å². The predicted octanol–water partition coefficient (Wildman–Crippen LogP) is 1.78. The van der Waals surface area contributed by atoms with E-state index in [0.717, 1.165) is 5.56 Å². The fourth-order valence-electron chi connectivity index (χ4n) is 1.47. The summed E-state index contributed by atoms with van der Waals surface area (Å²) in [6.45, 7) is 0. The number of rotatable bonds is 2. The van der Waals surface area contributed by atoms with Crippen molar-refractivity contribution < 1.29 is 4.52 Å². The molecule has 3 heterocycles. The quantitative estimate of drug-likeness (QED) is 0.732. The number of pyridine rings is 2. The third-order valence-electron chi connectivity index (χ3n) is 2.35. The van der Waals surface area contributed by atoms with Gasteiger partial charge in [-0.1, -0.05) is 11.2 Å². The zero-order valence-electron chi connectivity index (χ0n) is 9.32. The maximum atomic E-state index is 5.51. The lowest BCUT2D eigenvalue weighted by atomic mass is 10.3. The highest BCUT2D eigenvalue weighted by Crippen LogP contribution is 2.20. The van der Waals surface area contributed by atoms with Gasteiger partial charge < -0.3 is 10.3 Å². The smallest absolute Gasteiger partial charge is 0.259 e. The van der Waals surface area contributed by atoms with Crippen molar-refractivity contribution in [2.24, 2.45) is 0 Å². The van der Waals surface area contributed by atoms with Crippen LogP contribution in [0.4, 0.5) is 5.82 Å². The molecule has 0 saturated heterocycles. The van der Waals surface area contributed by atoms with Crippen LogP contribution in [0, 0.1) is 0 Å². The number of nitrogens with two attached hydrogens (primary N) is 1. The molecule has 0 saturated carbocycles. The van der Waals surface area contributed by atoms with Crippen molar-refractivity contribution in [3.8, 4) is 23.0 Å². The fourth-order valence-corrected chi connectivity index (χ4v) is 1.47. The molecular formula is C12H9N5O. The Bertz CT molecular complexity index is 648. The first-order chi connectivity index (χ1) is 8.83. The molecule has 0 unspecified atom stereocenters. The van der Waals surface area contributed by atoms with Crippen molar-refractivity contribution in [2.45, 2.75) is 0 Å². The van der Waals surface area contributed by atoms with E-state index in [-0.39, 0.29) is 0 Å². The molecular weight excluding hydrogens is 230 g/mol. The molecule has 2 N–H and O–H groups in total. The summed E-state index contributed by atoms with van der Waals surface area (Å²) in [5.41, 5.74) is 6.90. The van der Waals surface area contributed by atoms with Crippen LogP contribution in [-0.4, -0.2) is 20.1 Å². The molecule has 0 fully saturated rings.